The monoisotopic (exact) mass is 226 g/mol. The smallest absolute Gasteiger partial charge is 0.185 e. The van der Waals surface area contributed by atoms with Gasteiger partial charge in [-0.15, -0.1) is 0 Å². The van der Waals surface area contributed by atoms with Gasteiger partial charge in [0.1, 0.15) is 0 Å². The molecule has 2 rings (SSSR count). The van der Waals surface area contributed by atoms with Crippen LogP contribution >= 0.6 is 11.3 Å². The summed E-state index contributed by atoms with van der Waals surface area (Å²) in [5.41, 5.74) is 0. The van der Waals surface area contributed by atoms with Gasteiger partial charge in [0.2, 0.25) is 0 Å². The molecule has 0 amide bonds. The average molecular weight is 226 g/mol. The Morgan fingerprint density at radius 2 is 2.33 bits per heavy atom. The van der Waals surface area contributed by atoms with E-state index in [1.165, 1.54) is 12.8 Å². The third-order valence-corrected chi connectivity index (χ3v) is 3.51. The highest BCUT2D eigenvalue weighted by Gasteiger charge is 2.31. The van der Waals surface area contributed by atoms with Crippen molar-refractivity contribution < 1.29 is 5.11 Å². The fourth-order valence-electron chi connectivity index (χ4n) is 1.67. The van der Waals surface area contributed by atoms with Crippen molar-refractivity contribution in [3.63, 3.8) is 0 Å². The van der Waals surface area contributed by atoms with Crippen molar-refractivity contribution in [1.29, 1.82) is 0 Å². The number of thiazole rings is 1. The van der Waals surface area contributed by atoms with Crippen LogP contribution in [0, 0.1) is 5.92 Å². The standard InChI is InChI=1S/C11H18N2OS/c1-8(2)6-13(9-3-4-9)11-12-5-10(7-14)15-11/h5,8-9,14H,3-4,6-7H2,1-2H3. The van der Waals surface area contributed by atoms with Crippen molar-refractivity contribution in [3.05, 3.63) is 11.1 Å². The highest BCUT2D eigenvalue weighted by atomic mass is 32.1. The number of hydrogen-bond donors (Lipinski definition) is 1. The minimum absolute atomic E-state index is 0.109. The van der Waals surface area contributed by atoms with Crippen LogP contribution in [-0.4, -0.2) is 22.7 Å². The van der Waals surface area contributed by atoms with Crippen molar-refractivity contribution in [3.8, 4) is 0 Å². The Kier molecular flexibility index (Phi) is 3.26. The molecular formula is C11H18N2OS. The first-order valence-corrected chi connectivity index (χ1v) is 6.34. The molecule has 0 spiro atoms. The second kappa shape index (κ2) is 4.49. The van der Waals surface area contributed by atoms with Crippen LogP contribution in [0.25, 0.3) is 0 Å². The fraction of sp³-hybridized carbons (Fsp3) is 0.727. The molecule has 0 unspecified atom stereocenters. The number of anilines is 1. The highest BCUT2D eigenvalue weighted by molar-refractivity contribution is 7.15. The maximum Gasteiger partial charge on any atom is 0.185 e. The topological polar surface area (TPSA) is 36.4 Å². The lowest BCUT2D eigenvalue weighted by Crippen LogP contribution is -2.29. The first-order chi connectivity index (χ1) is 7.20. The van der Waals surface area contributed by atoms with Gasteiger partial charge in [-0.25, -0.2) is 4.98 Å². The summed E-state index contributed by atoms with van der Waals surface area (Å²) in [7, 11) is 0. The van der Waals surface area contributed by atoms with Crippen molar-refractivity contribution in [2.45, 2.75) is 39.3 Å². The lowest BCUT2D eigenvalue weighted by atomic mass is 10.2. The SMILES string of the molecule is CC(C)CN(c1ncc(CO)s1)C1CC1. The van der Waals surface area contributed by atoms with Gasteiger partial charge in [0, 0.05) is 18.8 Å². The lowest BCUT2D eigenvalue weighted by molar-refractivity contribution is 0.285. The van der Waals surface area contributed by atoms with E-state index in [4.69, 9.17) is 5.11 Å². The van der Waals surface area contributed by atoms with Crippen LogP contribution in [0.15, 0.2) is 6.20 Å². The lowest BCUT2D eigenvalue weighted by Gasteiger charge is -2.23. The van der Waals surface area contributed by atoms with Gasteiger partial charge in [-0.3, -0.25) is 0 Å². The van der Waals surface area contributed by atoms with Crippen LogP contribution in [0.2, 0.25) is 0 Å². The van der Waals surface area contributed by atoms with Crippen molar-refractivity contribution in [2.24, 2.45) is 5.92 Å². The predicted octanol–water partition coefficient (Wildman–Crippen LogP) is 2.26. The summed E-state index contributed by atoms with van der Waals surface area (Å²) < 4.78 is 0. The molecule has 15 heavy (non-hydrogen) atoms. The Labute approximate surface area is 94.8 Å². The van der Waals surface area contributed by atoms with Gasteiger partial charge in [0.25, 0.3) is 0 Å². The zero-order chi connectivity index (χ0) is 10.8. The quantitative estimate of drug-likeness (QED) is 0.836. The molecule has 1 heterocycles. The first kappa shape index (κ1) is 10.9. The summed E-state index contributed by atoms with van der Waals surface area (Å²) in [5.74, 6) is 0.659. The first-order valence-electron chi connectivity index (χ1n) is 5.53. The number of aliphatic hydroxyl groups excluding tert-OH is 1. The van der Waals surface area contributed by atoms with E-state index in [1.54, 1.807) is 17.5 Å². The molecule has 84 valence electrons. The summed E-state index contributed by atoms with van der Waals surface area (Å²) in [6.45, 7) is 5.65. The summed E-state index contributed by atoms with van der Waals surface area (Å²) in [6.07, 6.45) is 4.37. The Morgan fingerprint density at radius 3 is 2.80 bits per heavy atom. The molecule has 4 heteroatoms. The molecule has 0 atom stereocenters. The molecule has 1 aliphatic rings. The fourth-order valence-corrected chi connectivity index (χ4v) is 2.52. The Morgan fingerprint density at radius 1 is 1.60 bits per heavy atom. The van der Waals surface area contributed by atoms with E-state index >= 15 is 0 Å². The maximum atomic E-state index is 9.02. The van der Waals surface area contributed by atoms with Crippen LogP contribution in [0.3, 0.4) is 0 Å². The zero-order valence-electron chi connectivity index (χ0n) is 9.31. The Bertz CT molecular complexity index is 320. The van der Waals surface area contributed by atoms with Crippen molar-refractivity contribution in [1.82, 2.24) is 4.98 Å². The normalized spacial score (nSPS) is 16.0. The third kappa shape index (κ3) is 2.69. The minimum Gasteiger partial charge on any atom is -0.391 e. The minimum atomic E-state index is 0.109. The summed E-state index contributed by atoms with van der Waals surface area (Å²) >= 11 is 1.62. The number of hydrogen-bond acceptors (Lipinski definition) is 4. The van der Waals surface area contributed by atoms with Gasteiger partial charge >= 0.3 is 0 Å². The van der Waals surface area contributed by atoms with Crippen LogP contribution in [0.4, 0.5) is 5.13 Å². The molecular weight excluding hydrogens is 208 g/mol. The molecule has 0 bridgehead atoms. The summed E-state index contributed by atoms with van der Waals surface area (Å²) in [4.78, 5) is 7.74. The molecule has 1 saturated carbocycles. The number of aromatic nitrogens is 1. The molecule has 0 aliphatic heterocycles. The molecule has 0 aromatic carbocycles. The molecule has 0 saturated heterocycles. The number of rotatable bonds is 5. The van der Waals surface area contributed by atoms with E-state index < -0.39 is 0 Å². The molecule has 1 aromatic heterocycles. The molecule has 0 radical (unpaired) electrons. The zero-order valence-corrected chi connectivity index (χ0v) is 10.1. The maximum absolute atomic E-state index is 9.02. The predicted molar refractivity (Wildman–Crippen MR) is 63.2 cm³/mol. The van der Waals surface area contributed by atoms with E-state index in [0.717, 1.165) is 16.6 Å². The second-order valence-corrected chi connectivity index (χ2v) is 5.64. The number of aliphatic hydroxyl groups is 1. The Hall–Kier alpha value is -0.610. The Balaban J connectivity index is 2.09. The molecule has 1 N–H and O–H groups in total. The molecule has 1 fully saturated rings. The van der Waals surface area contributed by atoms with Crippen molar-refractivity contribution in [2.75, 3.05) is 11.4 Å². The van der Waals surface area contributed by atoms with Crippen LogP contribution in [0.5, 0.6) is 0 Å². The van der Waals surface area contributed by atoms with Gasteiger partial charge in [-0.05, 0) is 18.8 Å². The van der Waals surface area contributed by atoms with E-state index in [1.807, 2.05) is 0 Å². The molecule has 1 aromatic rings. The van der Waals surface area contributed by atoms with Gasteiger partial charge < -0.3 is 10.0 Å². The number of nitrogens with zero attached hydrogens (tertiary/aromatic N) is 2. The van der Waals surface area contributed by atoms with E-state index in [2.05, 4.69) is 23.7 Å². The summed E-state index contributed by atoms with van der Waals surface area (Å²) in [6, 6.07) is 0.699. The van der Waals surface area contributed by atoms with E-state index in [0.29, 0.717) is 12.0 Å². The van der Waals surface area contributed by atoms with E-state index in [-0.39, 0.29) is 6.61 Å². The average Bonchev–Trinajstić information content (AvgIpc) is 2.92. The van der Waals surface area contributed by atoms with Gasteiger partial charge in [0.15, 0.2) is 5.13 Å². The molecule has 3 nitrogen and oxygen atoms in total. The van der Waals surface area contributed by atoms with Gasteiger partial charge in [0.05, 0.1) is 11.5 Å². The van der Waals surface area contributed by atoms with Crippen LogP contribution in [0.1, 0.15) is 31.6 Å². The molecule has 1 aliphatic carbocycles. The van der Waals surface area contributed by atoms with Gasteiger partial charge in [-0.1, -0.05) is 25.2 Å². The van der Waals surface area contributed by atoms with Crippen LogP contribution in [-0.2, 0) is 6.61 Å². The van der Waals surface area contributed by atoms with E-state index in [9.17, 15) is 0 Å². The van der Waals surface area contributed by atoms with Crippen molar-refractivity contribution >= 4 is 16.5 Å². The third-order valence-electron chi connectivity index (χ3n) is 2.49. The largest absolute Gasteiger partial charge is 0.391 e. The van der Waals surface area contributed by atoms with Crippen LogP contribution < -0.4 is 4.90 Å². The summed E-state index contributed by atoms with van der Waals surface area (Å²) in [5, 5.41) is 10.1. The highest BCUT2D eigenvalue weighted by Crippen LogP contribution is 2.34. The van der Waals surface area contributed by atoms with Gasteiger partial charge in [-0.2, -0.15) is 0 Å². The second-order valence-electron chi connectivity index (χ2n) is 4.54.